The Kier molecular flexibility index (Phi) is 6.08. The third kappa shape index (κ3) is 4.80. The molecule has 0 bridgehead atoms. The molecule has 0 saturated carbocycles. The van der Waals surface area contributed by atoms with Crippen LogP contribution in [-0.4, -0.2) is 33.5 Å². The zero-order valence-electron chi connectivity index (χ0n) is 17.5. The molecule has 0 spiro atoms. The lowest BCUT2D eigenvalue weighted by molar-refractivity contribution is -0.113. The molecule has 0 aliphatic carbocycles. The summed E-state index contributed by atoms with van der Waals surface area (Å²) in [5.74, 6) is 1.85. The molecule has 0 radical (unpaired) electrons. The average Bonchev–Trinajstić information content (AvgIpc) is 3.39. The Balaban J connectivity index is 1.61. The first kappa shape index (κ1) is 20.7. The van der Waals surface area contributed by atoms with E-state index in [2.05, 4.69) is 32.2 Å². The fourth-order valence-electron chi connectivity index (χ4n) is 3.08. The first-order valence-electron chi connectivity index (χ1n) is 9.68. The molecule has 4 aromatic rings. The number of carbonyl (C=O) groups is 1. The third-order valence-corrected chi connectivity index (χ3v) is 5.59. The second kappa shape index (κ2) is 9.09. The van der Waals surface area contributed by atoms with Crippen LogP contribution in [0.2, 0.25) is 0 Å². The van der Waals surface area contributed by atoms with Gasteiger partial charge in [-0.1, -0.05) is 34.6 Å². The molecule has 0 fully saturated rings. The van der Waals surface area contributed by atoms with Crippen LogP contribution in [0.15, 0.2) is 70.5 Å². The fourth-order valence-corrected chi connectivity index (χ4v) is 3.87. The van der Waals surface area contributed by atoms with Crippen molar-refractivity contribution in [3.63, 3.8) is 0 Å². The van der Waals surface area contributed by atoms with Crippen LogP contribution in [0, 0.1) is 13.8 Å². The molecule has 158 valence electrons. The molecule has 0 saturated heterocycles. The number of ether oxygens (including phenoxy) is 1. The highest BCUT2D eigenvalue weighted by Crippen LogP contribution is 2.31. The molecule has 1 amide bonds. The highest BCUT2D eigenvalue weighted by Gasteiger charge is 2.16. The highest BCUT2D eigenvalue weighted by molar-refractivity contribution is 7.99. The number of carbonyl (C=O) groups excluding carboxylic acids is 1. The van der Waals surface area contributed by atoms with Gasteiger partial charge < -0.3 is 14.6 Å². The summed E-state index contributed by atoms with van der Waals surface area (Å²) in [5, 5.41) is 7.25. The summed E-state index contributed by atoms with van der Waals surface area (Å²) >= 11 is 1.36. The van der Waals surface area contributed by atoms with E-state index in [0.717, 1.165) is 27.9 Å². The topological polar surface area (TPSA) is 82.2 Å². The number of benzene rings is 2. The summed E-state index contributed by atoms with van der Waals surface area (Å²) in [5.41, 5.74) is 4.08. The van der Waals surface area contributed by atoms with Crippen LogP contribution in [0.1, 0.15) is 11.3 Å². The highest BCUT2D eigenvalue weighted by atomic mass is 32.2. The van der Waals surface area contributed by atoms with E-state index in [0.29, 0.717) is 11.6 Å². The van der Waals surface area contributed by atoms with Gasteiger partial charge in [0.1, 0.15) is 11.5 Å². The Morgan fingerprint density at radius 1 is 1.13 bits per heavy atom. The van der Waals surface area contributed by atoms with Gasteiger partial charge in [-0.2, -0.15) is 0 Å². The maximum atomic E-state index is 12.4. The molecule has 0 aliphatic rings. The first-order valence-corrected chi connectivity index (χ1v) is 10.7. The summed E-state index contributed by atoms with van der Waals surface area (Å²) in [6.45, 7) is 3.82. The van der Waals surface area contributed by atoms with E-state index < -0.39 is 0 Å². The van der Waals surface area contributed by atoms with Crippen molar-refractivity contribution in [1.29, 1.82) is 0 Å². The molecule has 0 unspecified atom stereocenters. The van der Waals surface area contributed by atoms with Gasteiger partial charge in [0.25, 0.3) is 0 Å². The molecule has 0 aliphatic heterocycles. The minimum absolute atomic E-state index is 0.178. The fraction of sp³-hybridized carbons (Fsp3) is 0.174. The molecule has 2 aromatic heterocycles. The van der Waals surface area contributed by atoms with Gasteiger partial charge >= 0.3 is 0 Å². The first-order chi connectivity index (χ1) is 15.0. The summed E-state index contributed by atoms with van der Waals surface area (Å²) in [4.78, 5) is 17.0. The van der Waals surface area contributed by atoms with Gasteiger partial charge in [0, 0.05) is 17.3 Å². The minimum atomic E-state index is -0.178. The number of thioether (sulfide) groups is 1. The summed E-state index contributed by atoms with van der Waals surface area (Å²) in [6, 6.07) is 17.7. The third-order valence-electron chi connectivity index (χ3n) is 4.64. The Morgan fingerprint density at radius 3 is 2.52 bits per heavy atom. The summed E-state index contributed by atoms with van der Waals surface area (Å²) in [6.07, 6.45) is 1.82. The standard InChI is InChI=1S/C23H22N4O3S/c1-15-4-8-18(9-5-15)27-20(17-6-10-19(29-3)11-7-17)13-24-23(27)31-14-22(28)25-21-12-16(2)30-26-21/h4-13H,14H2,1-3H3,(H,25,26,28). The molecular weight excluding hydrogens is 412 g/mol. The average molecular weight is 435 g/mol. The van der Waals surface area contributed by atoms with Crippen molar-refractivity contribution >= 4 is 23.5 Å². The van der Waals surface area contributed by atoms with Gasteiger partial charge in [0.2, 0.25) is 5.91 Å². The number of imidazole rings is 1. The smallest absolute Gasteiger partial charge is 0.236 e. The lowest BCUT2D eigenvalue weighted by atomic mass is 10.1. The molecule has 2 heterocycles. The summed E-state index contributed by atoms with van der Waals surface area (Å²) < 4.78 is 12.3. The predicted octanol–water partition coefficient (Wildman–Crippen LogP) is 4.88. The number of aryl methyl sites for hydroxylation is 2. The Bertz CT molecular complexity index is 1180. The zero-order chi connectivity index (χ0) is 21.8. The van der Waals surface area contributed by atoms with Crippen molar-refractivity contribution in [2.24, 2.45) is 0 Å². The van der Waals surface area contributed by atoms with Gasteiger partial charge in [-0.3, -0.25) is 9.36 Å². The van der Waals surface area contributed by atoms with Crippen LogP contribution in [0.5, 0.6) is 5.75 Å². The number of rotatable bonds is 7. The SMILES string of the molecule is COc1ccc(-c2cnc(SCC(=O)Nc3cc(C)on3)n2-c2ccc(C)cc2)cc1. The largest absolute Gasteiger partial charge is 0.497 e. The van der Waals surface area contributed by atoms with Crippen molar-refractivity contribution in [3.8, 4) is 22.7 Å². The van der Waals surface area contributed by atoms with Crippen LogP contribution in [0.4, 0.5) is 5.82 Å². The second-order valence-electron chi connectivity index (χ2n) is 6.99. The van der Waals surface area contributed by atoms with E-state index in [1.54, 1.807) is 20.1 Å². The maximum absolute atomic E-state index is 12.4. The number of nitrogens with zero attached hydrogens (tertiary/aromatic N) is 3. The Labute approximate surface area is 184 Å². The lowest BCUT2D eigenvalue weighted by Crippen LogP contribution is -2.14. The second-order valence-corrected chi connectivity index (χ2v) is 7.93. The van der Waals surface area contributed by atoms with Gasteiger partial charge in [0.05, 0.1) is 24.8 Å². The molecule has 4 rings (SSSR count). The number of methoxy groups -OCH3 is 1. The molecular formula is C23H22N4O3S. The van der Waals surface area contributed by atoms with Crippen molar-refractivity contribution in [3.05, 3.63) is 72.1 Å². The van der Waals surface area contributed by atoms with Gasteiger partial charge in [-0.15, -0.1) is 0 Å². The van der Waals surface area contributed by atoms with E-state index in [-0.39, 0.29) is 11.7 Å². The van der Waals surface area contributed by atoms with Crippen LogP contribution < -0.4 is 10.1 Å². The van der Waals surface area contributed by atoms with E-state index in [1.165, 1.54) is 17.3 Å². The van der Waals surface area contributed by atoms with Gasteiger partial charge in [0.15, 0.2) is 11.0 Å². The van der Waals surface area contributed by atoms with Crippen LogP contribution in [0.25, 0.3) is 16.9 Å². The van der Waals surface area contributed by atoms with Gasteiger partial charge in [-0.05, 0) is 50.2 Å². The van der Waals surface area contributed by atoms with Crippen LogP contribution >= 0.6 is 11.8 Å². The maximum Gasteiger partial charge on any atom is 0.236 e. The van der Waals surface area contributed by atoms with E-state index in [9.17, 15) is 4.79 Å². The lowest BCUT2D eigenvalue weighted by Gasteiger charge is -2.13. The van der Waals surface area contributed by atoms with Crippen molar-refractivity contribution in [1.82, 2.24) is 14.7 Å². The molecule has 0 atom stereocenters. The molecule has 8 heteroatoms. The zero-order valence-corrected chi connectivity index (χ0v) is 18.3. The number of amides is 1. The molecule has 7 nitrogen and oxygen atoms in total. The Morgan fingerprint density at radius 2 is 1.87 bits per heavy atom. The normalized spacial score (nSPS) is 10.8. The number of aromatic nitrogens is 3. The van der Waals surface area contributed by atoms with E-state index in [4.69, 9.17) is 9.26 Å². The number of hydrogen-bond acceptors (Lipinski definition) is 6. The predicted molar refractivity (Wildman–Crippen MR) is 121 cm³/mol. The molecule has 2 aromatic carbocycles. The molecule has 1 N–H and O–H groups in total. The van der Waals surface area contributed by atoms with Crippen molar-refractivity contribution < 1.29 is 14.1 Å². The number of hydrogen-bond donors (Lipinski definition) is 1. The van der Waals surface area contributed by atoms with Gasteiger partial charge in [-0.25, -0.2) is 4.98 Å². The minimum Gasteiger partial charge on any atom is -0.497 e. The Hall–Kier alpha value is -3.52. The quantitative estimate of drug-likeness (QED) is 0.417. The van der Waals surface area contributed by atoms with E-state index >= 15 is 0 Å². The number of nitrogens with one attached hydrogen (secondary N) is 1. The monoisotopic (exact) mass is 434 g/mol. The van der Waals surface area contributed by atoms with Crippen molar-refractivity contribution in [2.45, 2.75) is 19.0 Å². The molecule has 31 heavy (non-hydrogen) atoms. The van der Waals surface area contributed by atoms with E-state index in [1.807, 2.05) is 49.5 Å². The number of anilines is 1. The van der Waals surface area contributed by atoms with Crippen LogP contribution in [-0.2, 0) is 4.79 Å². The van der Waals surface area contributed by atoms with Crippen molar-refractivity contribution in [2.75, 3.05) is 18.2 Å². The van der Waals surface area contributed by atoms with Crippen LogP contribution in [0.3, 0.4) is 0 Å². The summed E-state index contributed by atoms with van der Waals surface area (Å²) in [7, 11) is 1.64.